The van der Waals surface area contributed by atoms with Crippen LogP contribution in [0.1, 0.15) is 39.5 Å². The lowest BCUT2D eigenvalue weighted by molar-refractivity contribution is 0.258. The van der Waals surface area contributed by atoms with Crippen LogP contribution in [0.5, 0.6) is 0 Å². The molecular weight excluding hydrogens is 191 g/mol. The van der Waals surface area contributed by atoms with Gasteiger partial charge < -0.3 is 0 Å². The van der Waals surface area contributed by atoms with Crippen LogP contribution in [-0.4, -0.2) is 13.2 Å². The van der Waals surface area contributed by atoms with E-state index in [9.17, 15) is 0 Å². The van der Waals surface area contributed by atoms with Crippen LogP contribution < -0.4 is 0 Å². The van der Waals surface area contributed by atoms with Crippen LogP contribution in [0.25, 0.3) is 0 Å². The van der Waals surface area contributed by atoms with E-state index in [-0.39, 0.29) is 0 Å². The molecule has 0 amide bonds. The minimum absolute atomic E-state index is 0.748. The average molecular weight is 209 g/mol. The Kier molecular flexibility index (Phi) is 9.88. The van der Waals surface area contributed by atoms with Gasteiger partial charge in [0.25, 0.3) is 0 Å². The molecule has 0 aromatic rings. The van der Waals surface area contributed by atoms with Crippen molar-refractivity contribution in [3.8, 4) is 0 Å². The van der Waals surface area contributed by atoms with Gasteiger partial charge in [0.15, 0.2) is 0 Å². The van der Waals surface area contributed by atoms with Crippen molar-refractivity contribution in [2.24, 2.45) is 0 Å². The molecule has 0 atom stereocenters. The summed E-state index contributed by atoms with van der Waals surface area (Å²) in [7, 11) is -1.02. The average Bonchev–Trinajstić information content (AvgIpc) is 2.06. The van der Waals surface area contributed by atoms with Crippen LogP contribution in [-0.2, 0) is 20.9 Å². The van der Waals surface area contributed by atoms with Gasteiger partial charge in [0.2, 0.25) is 11.8 Å². The fourth-order valence-electron chi connectivity index (χ4n) is 0.604. The Balaban J connectivity index is 3.10. The summed E-state index contributed by atoms with van der Waals surface area (Å²) < 4.78 is 10.6. The molecule has 0 rings (SSSR count). The minimum Gasteiger partial charge on any atom is -0.142 e. The first kappa shape index (κ1) is 12.4. The Morgan fingerprint density at radius 3 is 1.75 bits per heavy atom. The summed E-state index contributed by atoms with van der Waals surface area (Å²) in [6.07, 6.45) is 4.44. The van der Waals surface area contributed by atoms with E-state index in [0.717, 1.165) is 38.9 Å². The molecule has 0 heterocycles. The van der Waals surface area contributed by atoms with E-state index in [2.05, 4.69) is 13.8 Å². The Bertz CT molecular complexity index is 108. The summed E-state index contributed by atoms with van der Waals surface area (Å²) in [5, 5.41) is 0. The largest absolute Gasteiger partial charge is 0.521 e. The zero-order chi connectivity index (χ0) is 9.23. The highest BCUT2D eigenvalue weighted by atomic mass is 32.4. The predicted octanol–water partition coefficient (Wildman–Crippen LogP) is 3.39. The Labute approximate surface area is 81.2 Å². The molecule has 2 nitrogen and oxygen atoms in total. The normalized spacial score (nSPS) is 10.2. The van der Waals surface area contributed by atoms with Crippen LogP contribution in [0.3, 0.4) is 0 Å². The molecule has 12 heavy (non-hydrogen) atoms. The maximum atomic E-state index is 5.29. The van der Waals surface area contributed by atoms with Gasteiger partial charge in [0.05, 0.1) is 0 Å². The second-order valence-corrected chi connectivity index (χ2v) is 4.46. The first-order chi connectivity index (χ1) is 5.81. The number of unbranched alkanes of at least 4 members (excludes halogenated alkanes) is 2. The van der Waals surface area contributed by atoms with Crippen molar-refractivity contribution < 1.29 is 9.05 Å². The van der Waals surface area contributed by atoms with E-state index in [1.807, 2.05) is 0 Å². The molecule has 0 radical (unpaired) electrons. The van der Waals surface area contributed by atoms with Crippen molar-refractivity contribution in [2.75, 3.05) is 13.2 Å². The van der Waals surface area contributed by atoms with Gasteiger partial charge in [-0.2, -0.15) is 0 Å². The monoisotopic (exact) mass is 209 g/mol. The summed E-state index contributed by atoms with van der Waals surface area (Å²) in [5.41, 5.74) is 0. The van der Waals surface area contributed by atoms with E-state index in [1.54, 1.807) is 0 Å². The summed E-state index contributed by atoms with van der Waals surface area (Å²) in [5.74, 6) is 0. The third-order valence-electron chi connectivity index (χ3n) is 1.39. The second kappa shape index (κ2) is 9.53. The maximum absolute atomic E-state index is 5.29. The van der Waals surface area contributed by atoms with Gasteiger partial charge >= 0.3 is 7.15 Å². The first-order valence-electron chi connectivity index (χ1n) is 4.54. The molecule has 72 valence electrons. The molecule has 0 saturated carbocycles. The quantitative estimate of drug-likeness (QED) is 0.451. The van der Waals surface area contributed by atoms with Gasteiger partial charge in [-0.1, -0.05) is 26.7 Å². The van der Waals surface area contributed by atoms with Crippen molar-refractivity contribution in [1.82, 2.24) is 0 Å². The molecule has 0 aliphatic heterocycles. The molecule has 0 aromatic heterocycles. The third kappa shape index (κ3) is 8.54. The van der Waals surface area contributed by atoms with E-state index < -0.39 is 7.15 Å². The highest BCUT2D eigenvalue weighted by Crippen LogP contribution is 2.24. The molecule has 0 unspecified atom stereocenters. The molecule has 0 spiro atoms. The zero-order valence-electron chi connectivity index (χ0n) is 7.91. The van der Waals surface area contributed by atoms with Gasteiger partial charge in [-0.15, -0.1) is 9.05 Å². The van der Waals surface area contributed by atoms with Gasteiger partial charge in [-0.25, -0.2) is 0 Å². The standard InChI is InChI=1S/C8H18O2PS/c1-3-5-7-9-11(12)10-8-6-4-2/h3-8H2,1-2H3/q+1. The lowest BCUT2D eigenvalue weighted by Crippen LogP contribution is -1.89. The van der Waals surface area contributed by atoms with Crippen molar-refractivity contribution in [1.29, 1.82) is 0 Å². The number of hydrogen-bond acceptors (Lipinski definition) is 3. The molecule has 0 bridgehead atoms. The Morgan fingerprint density at radius 2 is 1.42 bits per heavy atom. The predicted molar refractivity (Wildman–Crippen MR) is 56.0 cm³/mol. The molecule has 0 saturated heterocycles. The molecule has 0 N–H and O–H groups in total. The number of rotatable bonds is 8. The SMILES string of the molecule is CCCCO[P+](=S)OCCCC. The minimum atomic E-state index is -1.02. The zero-order valence-corrected chi connectivity index (χ0v) is 9.63. The Morgan fingerprint density at radius 1 is 1.00 bits per heavy atom. The highest BCUT2D eigenvalue weighted by Gasteiger charge is 2.11. The maximum Gasteiger partial charge on any atom is 0.521 e. The van der Waals surface area contributed by atoms with E-state index in [1.165, 1.54) is 0 Å². The molecule has 0 aromatic carbocycles. The van der Waals surface area contributed by atoms with Gasteiger partial charge in [-0.05, 0) is 12.8 Å². The molecular formula is C8H18O2PS+. The van der Waals surface area contributed by atoms with Crippen molar-refractivity contribution in [3.05, 3.63) is 0 Å². The highest BCUT2D eigenvalue weighted by molar-refractivity contribution is 8.00. The number of hydrogen-bond donors (Lipinski definition) is 0. The summed E-state index contributed by atoms with van der Waals surface area (Å²) in [6, 6.07) is 0. The lowest BCUT2D eigenvalue weighted by atomic mass is 10.4. The summed E-state index contributed by atoms with van der Waals surface area (Å²) >= 11 is 4.98. The van der Waals surface area contributed by atoms with E-state index in [0.29, 0.717) is 0 Å². The van der Waals surface area contributed by atoms with Crippen LogP contribution in [0, 0.1) is 0 Å². The first-order valence-corrected chi connectivity index (χ1v) is 6.73. The molecule has 0 aliphatic carbocycles. The van der Waals surface area contributed by atoms with Crippen LogP contribution >= 0.6 is 7.15 Å². The molecule has 0 fully saturated rings. The third-order valence-corrected chi connectivity index (χ3v) is 2.81. The van der Waals surface area contributed by atoms with Crippen LogP contribution in [0.2, 0.25) is 0 Å². The Hall–Kier alpha value is 0.440. The van der Waals surface area contributed by atoms with Crippen LogP contribution in [0.15, 0.2) is 0 Å². The van der Waals surface area contributed by atoms with Crippen molar-refractivity contribution in [3.63, 3.8) is 0 Å². The lowest BCUT2D eigenvalue weighted by Gasteiger charge is -1.92. The topological polar surface area (TPSA) is 18.5 Å². The smallest absolute Gasteiger partial charge is 0.142 e. The van der Waals surface area contributed by atoms with Crippen molar-refractivity contribution in [2.45, 2.75) is 39.5 Å². The van der Waals surface area contributed by atoms with E-state index in [4.69, 9.17) is 20.9 Å². The van der Waals surface area contributed by atoms with Gasteiger partial charge in [0, 0.05) is 0 Å². The van der Waals surface area contributed by atoms with E-state index >= 15 is 0 Å². The summed E-state index contributed by atoms with van der Waals surface area (Å²) in [6.45, 7) is 5.76. The second-order valence-electron chi connectivity index (χ2n) is 2.60. The fourth-order valence-corrected chi connectivity index (χ4v) is 1.68. The van der Waals surface area contributed by atoms with Gasteiger partial charge in [-0.3, -0.25) is 0 Å². The van der Waals surface area contributed by atoms with Gasteiger partial charge in [0.1, 0.15) is 13.2 Å². The molecule has 0 aliphatic rings. The van der Waals surface area contributed by atoms with Crippen LogP contribution in [0.4, 0.5) is 0 Å². The molecule has 4 heteroatoms. The van der Waals surface area contributed by atoms with Crippen molar-refractivity contribution >= 4 is 19.0 Å². The fraction of sp³-hybridized carbons (Fsp3) is 1.00. The summed E-state index contributed by atoms with van der Waals surface area (Å²) in [4.78, 5) is 0.